The summed E-state index contributed by atoms with van der Waals surface area (Å²) >= 11 is 6.25. The smallest absolute Gasteiger partial charge is 0.257 e. The van der Waals surface area contributed by atoms with Crippen molar-refractivity contribution in [2.75, 3.05) is 15.4 Å². The molecule has 1 aliphatic rings. The summed E-state index contributed by atoms with van der Waals surface area (Å²) in [5.74, 6) is -0.215. The molecule has 1 aliphatic heterocycles. The number of nitrogens with zero attached hydrogens (tertiary/aromatic N) is 1. The molecule has 0 aromatic heterocycles. The number of carbonyl (C=O) groups is 2. The number of hydrogen-bond acceptors (Lipinski definition) is 5. The Bertz CT molecular complexity index is 1260. The molecule has 0 saturated carbocycles. The Morgan fingerprint density at radius 3 is 2.39 bits per heavy atom. The first-order valence-corrected chi connectivity index (χ1v) is 11.3. The van der Waals surface area contributed by atoms with E-state index in [-0.39, 0.29) is 28.4 Å². The SMILES string of the molecule is O=C(Nc1ccccc1Oc1ccccc1)c1ccc(N2C(=O)CCS2(=O)=O)cc1Cl. The third kappa shape index (κ3) is 4.40. The molecule has 0 spiro atoms. The molecule has 0 bridgehead atoms. The van der Waals surface area contributed by atoms with Crippen LogP contribution in [0.1, 0.15) is 16.8 Å². The summed E-state index contributed by atoms with van der Waals surface area (Å²) in [6.45, 7) is 0. The van der Waals surface area contributed by atoms with Gasteiger partial charge in [-0.15, -0.1) is 0 Å². The number of sulfonamides is 1. The molecule has 1 N–H and O–H groups in total. The Kier molecular flexibility index (Phi) is 5.67. The van der Waals surface area contributed by atoms with E-state index in [0.29, 0.717) is 17.2 Å². The minimum absolute atomic E-state index is 0.0198. The Morgan fingerprint density at radius 1 is 1.00 bits per heavy atom. The molecule has 3 aromatic carbocycles. The van der Waals surface area contributed by atoms with Crippen LogP contribution in [0, 0.1) is 0 Å². The average molecular weight is 457 g/mol. The second-order valence-corrected chi connectivity index (χ2v) is 9.10. The molecule has 0 atom stereocenters. The molecule has 0 unspecified atom stereocenters. The maximum Gasteiger partial charge on any atom is 0.257 e. The number of nitrogens with one attached hydrogen (secondary N) is 1. The first-order chi connectivity index (χ1) is 14.8. The van der Waals surface area contributed by atoms with Crippen molar-refractivity contribution >= 4 is 44.8 Å². The van der Waals surface area contributed by atoms with Gasteiger partial charge >= 0.3 is 0 Å². The number of anilines is 2. The highest BCUT2D eigenvalue weighted by molar-refractivity contribution is 7.94. The maximum absolute atomic E-state index is 12.8. The highest BCUT2D eigenvalue weighted by atomic mass is 35.5. The van der Waals surface area contributed by atoms with Crippen LogP contribution in [0.15, 0.2) is 72.8 Å². The number of ether oxygens (including phenoxy) is 1. The van der Waals surface area contributed by atoms with E-state index in [1.54, 1.807) is 36.4 Å². The van der Waals surface area contributed by atoms with E-state index in [1.165, 1.54) is 18.2 Å². The predicted octanol–water partition coefficient (Wildman–Crippen LogP) is 4.45. The molecule has 0 radical (unpaired) electrons. The third-order valence-electron chi connectivity index (χ3n) is 4.62. The zero-order valence-electron chi connectivity index (χ0n) is 16.1. The van der Waals surface area contributed by atoms with Crippen LogP contribution >= 0.6 is 11.6 Å². The van der Waals surface area contributed by atoms with Crippen LogP contribution in [0.3, 0.4) is 0 Å². The molecular formula is C22H17ClN2O5S. The predicted molar refractivity (Wildman–Crippen MR) is 118 cm³/mol. The van der Waals surface area contributed by atoms with E-state index in [4.69, 9.17) is 16.3 Å². The maximum atomic E-state index is 12.8. The van der Waals surface area contributed by atoms with Crippen LogP contribution in [-0.4, -0.2) is 26.0 Å². The molecule has 1 saturated heterocycles. The van der Waals surface area contributed by atoms with Gasteiger partial charge in [-0.1, -0.05) is 41.9 Å². The first-order valence-electron chi connectivity index (χ1n) is 9.34. The molecule has 1 fully saturated rings. The molecular weight excluding hydrogens is 440 g/mol. The summed E-state index contributed by atoms with van der Waals surface area (Å²) in [5, 5.41) is 2.77. The van der Waals surface area contributed by atoms with Crippen molar-refractivity contribution < 1.29 is 22.7 Å². The van der Waals surface area contributed by atoms with Gasteiger partial charge in [0.15, 0.2) is 5.75 Å². The highest BCUT2D eigenvalue weighted by Gasteiger charge is 2.36. The van der Waals surface area contributed by atoms with Crippen molar-refractivity contribution in [1.29, 1.82) is 0 Å². The molecule has 1 heterocycles. The number of para-hydroxylation sites is 3. The van der Waals surface area contributed by atoms with Gasteiger partial charge < -0.3 is 10.1 Å². The van der Waals surface area contributed by atoms with Crippen molar-refractivity contribution in [3.05, 3.63) is 83.4 Å². The minimum Gasteiger partial charge on any atom is -0.455 e. The van der Waals surface area contributed by atoms with Gasteiger partial charge in [0, 0.05) is 6.42 Å². The van der Waals surface area contributed by atoms with Crippen LogP contribution in [-0.2, 0) is 14.8 Å². The normalized spacial score (nSPS) is 15.0. The van der Waals surface area contributed by atoms with Gasteiger partial charge in [-0.25, -0.2) is 12.7 Å². The first kappa shape index (κ1) is 20.9. The Labute approximate surface area is 184 Å². The summed E-state index contributed by atoms with van der Waals surface area (Å²) < 4.78 is 30.8. The van der Waals surface area contributed by atoms with Crippen LogP contribution in [0.25, 0.3) is 0 Å². The van der Waals surface area contributed by atoms with Gasteiger partial charge in [0.1, 0.15) is 5.75 Å². The van der Waals surface area contributed by atoms with Crippen molar-refractivity contribution in [3.8, 4) is 11.5 Å². The molecule has 31 heavy (non-hydrogen) atoms. The number of carbonyl (C=O) groups excluding carboxylic acids is 2. The van der Waals surface area contributed by atoms with Gasteiger partial charge in [-0.2, -0.15) is 0 Å². The summed E-state index contributed by atoms with van der Waals surface area (Å²) in [7, 11) is -3.72. The Hall–Kier alpha value is -3.36. The largest absolute Gasteiger partial charge is 0.455 e. The quantitative estimate of drug-likeness (QED) is 0.612. The van der Waals surface area contributed by atoms with Gasteiger partial charge in [0.25, 0.3) is 5.91 Å². The van der Waals surface area contributed by atoms with Gasteiger partial charge in [-0.3, -0.25) is 9.59 Å². The van der Waals surface area contributed by atoms with Crippen molar-refractivity contribution in [2.45, 2.75) is 6.42 Å². The number of amides is 2. The van der Waals surface area contributed by atoms with Crippen molar-refractivity contribution in [3.63, 3.8) is 0 Å². The molecule has 9 heteroatoms. The minimum atomic E-state index is -3.72. The van der Waals surface area contributed by atoms with Crippen molar-refractivity contribution in [2.24, 2.45) is 0 Å². The fourth-order valence-electron chi connectivity index (χ4n) is 3.15. The summed E-state index contributed by atoms with van der Waals surface area (Å²) in [6, 6.07) is 20.1. The van der Waals surface area contributed by atoms with E-state index in [9.17, 15) is 18.0 Å². The lowest BCUT2D eigenvalue weighted by Crippen LogP contribution is -2.29. The lowest BCUT2D eigenvalue weighted by atomic mass is 10.1. The molecule has 7 nitrogen and oxygen atoms in total. The highest BCUT2D eigenvalue weighted by Crippen LogP contribution is 2.32. The lowest BCUT2D eigenvalue weighted by Gasteiger charge is -2.16. The van der Waals surface area contributed by atoms with E-state index in [1.807, 2.05) is 18.2 Å². The summed E-state index contributed by atoms with van der Waals surface area (Å²) in [5.41, 5.74) is 0.676. The fraction of sp³-hybridized carbons (Fsp3) is 0.0909. The zero-order valence-corrected chi connectivity index (χ0v) is 17.7. The summed E-state index contributed by atoms with van der Waals surface area (Å²) in [6.07, 6.45) is -0.0829. The second kappa shape index (κ2) is 8.41. The van der Waals surface area contributed by atoms with E-state index in [0.717, 1.165) is 4.31 Å². The van der Waals surface area contributed by atoms with E-state index in [2.05, 4.69) is 5.32 Å². The molecule has 2 amide bonds. The fourth-order valence-corrected chi connectivity index (χ4v) is 4.86. The molecule has 3 aromatic rings. The van der Waals surface area contributed by atoms with E-state index >= 15 is 0 Å². The average Bonchev–Trinajstić information content (AvgIpc) is 3.02. The van der Waals surface area contributed by atoms with Gasteiger partial charge in [0.05, 0.1) is 27.7 Å². The van der Waals surface area contributed by atoms with E-state index < -0.39 is 21.8 Å². The number of rotatable bonds is 5. The molecule has 158 valence electrons. The number of benzene rings is 3. The Balaban J connectivity index is 1.57. The van der Waals surface area contributed by atoms with Gasteiger partial charge in [0.2, 0.25) is 15.9 Å². The second-order valence-electron chi connectivity index (χ2n) is 6.75. The van der Waals surface area contributed by atoms with Crippen LogP contribution < -0.4 is 14.4 Å². The Morgan fingerprint density at radius 2 is 1.71 bits per heavy atom. The molecule has 4 rings (SSSR count). The lowest BCUT2D eigenvalue weighted by molar-refractivity contribution is -0.116. The number of halogens is 1. The third-order valence-corrected chi connectivity index (χ3v) is 6.62. The van der Waals surface area contributed by atoms with Crippen LogP contribution in [0.5, 0.6) is 11.5 Å². The standard InChI is InChI=1S/C22H17ClN2O5S/c23-18-14-15(25-21(26)12-13-31(25,28)29)10-11-17(18)22(27)24-19-8-4-5-9-20(19)30-16-6-2-1-3-7-16/h1-11,14H,12-13H2,(H,24,27). The van der Waals surface area contributed by atoms with Crippen molar-refractivity contribution in [1.82, 2.24) is 0 Å². The topological polar surface area (TPSA) is 92.8 Å². The van der Waals surface area contributed by atoms with Gasteiger partial charge in [-0.05, 0) is 42.5 Å². The number of hydrogen-bond donors (Lipinski definition) is 1. The molecule has 0 aliphatic carbocycles. The van der Waals surface area contributed by atoms with Crippen LogP contribution in [0.4, 0.5) is 11.4 Å². The zero-order chi connectivity index (χ0) is 22.0. The monoisotopic (exact) mass is 456 g/mol. The van der Waals surface area contributed by atoms with Crippen LogP contribution in [0.2, 0.25) is 5.02 Å². The summed E-state index contributed by atoms with van der Waals surface area (Å²) in [4.78, 5) is 24.8.